The summed E-state index contributed by atoms with van der Waals surface area (Å²) in [5, 5.41) is 22.4. The molecule has 8 nitrogen and oxygen atoms in total. The van der Waals surface area contributed by atoms with Gasteiger partial charge in [0.25, 0.3) is 0 Å². The molecule has 42 heavy (non-hydrogen) atoms. The zero-order chi connectivity index (χ0) is 29.6. The van der Waals surface area contributed by atoms with E-state index in [9.17, 15) is 24.6 Å². The van der Waals surface area contributed by atoms with Gasteiger partial charge in [0, 0.05) is 25.9 Å². The van der Waals surface area contributed by atoms with Crippen LogP contribution in [0.5, 0.6) is 11.5 Å². The van der Waals surface area contributed by atoms with Gasteiger partial charge in [-0.15, -0.1) is 0 Å². The molecule has 3 N–H and O–H groups in total. The molecule has 0 bridgehead atoms. The maximum absolute atomic E-state index is 14.4. The number of hydrogen-bond acceptors (Lipinski definition) is 5. The van der Waals surface area contributed by atoms with Gasteiger partial charge in [-0.05, 0) is 59.4 Å². The van der Waals surface area contributed by atoms with Crippen LogP contribution in [-0.2, 0) is 40.2 Å². The minimum atomic E-state index is -0.835. The van der Waals surface area contributed by atoms with Crippen LogP contribution in [0.3, 0.4) is 0 Å². The normalized spacial score (nSPS) is 18.8. The van der Waals surface area contributed by atoms with Gasteiger partial charge in [0.15, 0.2) is 0 Å². The molecule has 2 aliphatic rings. The molecule has 0 aromatic heterocycles. The molecular weight excluding hydrogens is 530 g/mol. The standard InChI is InChI=1S/C34H39N3O5/c1-2-3-4-9-29(32(40)35-19-18-23-10-14-27(38)15-11-23)37-31(20-24-12-16-28(39)17-13-24)33(41)36-22-26-8-6-5-7-25(26)21-30(36)34(37)42/h5-8,10-17,29-31,38-39H,2-4,9,18-22H2,1H3,(H,35,40). The Morgan fingerprint density at radius 1 is 0.881 bits per heavy atom. The number of phenolic OH excluding ortho intramolecular Hbond substituents is 2. The SMILES string of the molecule is CCCCCC(C(=O)NCCc1ccc(O)cc1)N1C(=O)C2Cc3ccccc3CN2C(=O)C1Cc1ccc(O)cc1. The zero-order valence-corrected chi connectivity index (χ0v) is 24.0. The van der Waals surface area contributed by atoms with Gasteiger partial charge < -0.3 is 25.3 Å². The van der Waals surface area contributed by atoms with Crippen molar-refractivity contribution >= 4 is 17.7 Å². The molecule has 8 heteroatoms. The molecule has 5 rings (SSSR count). The summed E-state index contributed by atoms with van der Waals surface area (Å²) in [5.74, 6) is -0.292. The maximum Gasteiger partial charge on any atom is 0.247 e. The average Bonchev–Trinajstić information content (AvgIpc) is 3.00. The molecule has 0 aliphatic carbocycles. The van der Waals surface area contributed by atoms with Crippen LogP contribution in [-0.4, -0.2) is 62.4 Å². The Morgan fingerprint density at radius 3 is 2.19 bits per heavy atom. The minimum absolute atomic E-state index is 0.125. The van der Waals surface area contributed by atoms with Gasteiger partial charge in [0.2, 0.25) is 17.7 Å². The van der Waals surface area contributed by atoms with Gasteiger partial charge in [-0.25, -0.2) is 0 Å². The highest BCUT2D eigenvalue weighted by molar-refractivity contribution is 6.00. The fraction of sp³-hybridized carbons (Fsp3) is 0.382. The molecule has 3 amide bonds. The molecule has 0 spiro atoms. The summed E-state index contributed by atoms with van der Waals surface area (Å²) >= 11 is 0. The lowest BCUT2D eigenvalue weighted by Gasteiger charge is -2.49. The van der Waals surface area contributed by atoms with E-state index in [4.69, 9.17) is 0 Å². The molecule has 220 valence electrons. The Labute approximate surface area is 247 Å². The maximum atomic E-state index is 14.4. The number of nitrogens with zero attached hydrogens (tertiary/aromatic N) is 2. The van der Waals surface area contributed by atoms with Crippen LogP contribution < -0.4 is 5.32 Å². The largest absolute Gasteiger partial charge is 0.508 e. The Morgan fingerprint density at radius 2 is 1.52 bits per heavy atom. The zero-order valence-electron chi connectivity index (χ0n) is 24.0. The number of piperazine rings is 1. The van der Waals surface area contributed by atoms with E-state index in [1.807, 2.05) is 36.4 Å². The molecule has 3 unspecified atom stereocenters. The summed E-state index contributed by atoms with van der Waals surface area (Å²) < 4.78 is 0. The monoisotopic (exact) mass is 569 g/mol. The van der Waals surface area contributed by atoms with Gasteiger partial charge in [0.1, 0.15) is 29.6 Å². The summed E-state index contributed by atoms with van der Waals surface area (Å²) in [7, 11) is 0. The Bertz CT molecular complexity index is 1410. The smallest absolute Gasteiger partial charge is 0.247 e. The lowest BCUT2D eigenvalue weighted by Crippen LogP contribution is -2.70. The van der Waals surface area contributed by atoms with Crippen molar-refractivity contribution in [2.45, 2.75) is 76.5 Å². The van der Waals surface area contributed by atoms with E-state index >= 15 is 0 Å². The van der Waals surface area contributed by atoms with Gasteiger partial charge in [-0.2, -0.15) is 0 Å². The summed E-state index contributed by atoms with van der Waals surface area (Å²) in [6.07, 6.45) is 4.35. The number of benzene rings is 3. The van der Waals surface area contributed by atoms with Crippen LogP contribution in [0.2, 0.25) is 0 Å². The van der Waals surface area contributed by atoms with Crippen LogP contribution >= 0.6 is 0 Å². The summed E-state index contributed by atoms with van der Waals surface area (Å²) in [4.78, 5) is 45.7. The number of rotatable bonds is 11. The molecule has 3 aromatic rings. The Kier molecular flexibility index (Phi) is 9.10. The molecule has 2 heterocycles. The van der Waals surface area contributed by atoms with Crippen LogP contribution in [0.25, 0.3) is 0 Å². The van der Waals surface area contributed by atoms with Crippen molar-refractivity contribution in [1.82, 2.24) is 15.1 Å². The van der Waals surface area contributed by atoms with E-state index in [0.717, 1.165) is 41.5 Å². The van der Waals surface area contributed by atoms with E-state index in [1.165, 1.54) is 0 Å². The van der Waals surface area contributed by atoms with Crippen molar-refractivity contribution in [3.05, 3.63) is 95.1 Å². The predicted molar refractivity (Wildman–Crippen MR) is 160 cm³/mol. The fourth-order valence-electron chi connectivity index (χ4n) is 6.12. The highest BCUT2D eigenvalue weighted by Gasteiger charge is 2.50. The number of carbonyl (C=O) groups is 3. The number of fused-ring (bicyclic) bond motifs is 2. The molecular formula is C34H39N3O5. The first-order valence-corrected chi connectivity index (χ1v) is 14.9. The number of unbranched alkanes of at least 4 members (excludes halogenated alkanes) is 2. The number of nitrogens with one attached hydrogen (secondary N) is 1. The fourth-order valence-corrected chi connectivity index (χ4v) is 6.12. The second-order valence-corrected chi connectivity index (χ2v) is 11.3. The molecule has 1 fully saturated rings. The number of amides is 3. The van der Waals surface area contributed by atoms with E-state index in [1.54, 1.807) is 46.2 Å². The van der Waals surface area contributed by atoms with Crippen LogP contribution in [0.15, 0.2) is 72.8 Å². The van der Waals surface area contributed by atoms with Crippen molar-refractivity contribution in [2.75, 3.05) is 6.54 Å². The predicted octanol–water partition coefficient (Wildman–Crippen LogP) is 4.11. The number of hydrogen-bond donors (Lipinski definition) is 3. The first-order valence-electron chi connectivity index (χ1n) is 14.9. The summed E-state index contributed by atoms with van der Waals surface area (Å²) in [5.41, 5.74) is 3.87. The average molecular weight is 570 g/mol. The number of carbonyl (C=O) groups excluding carboxylic acids is 3. The minimum Gasteiger partial charge on any atom is -0.508 e. The number of aromatic hydroxyl groups is 2. The van der Waals surface area contributed by atoms with E-state index in [2.05, 4.69) is 12.2 Å². The topological polar surface area (TPSA) is 110 Å². The first-order chi connectivity index (χ1) is 20.4. The van der Waals surface area contributed by atoms with E-state index < -0.39 is 18.1 Å². The van der Waals surface area contributed by atoms with Gasteiger partial charge in [-0.1, -0.05) is 74.7 Å². The third kappa shape index (κ3) is 6.43. The summed E-state index contributed by atoms with van der Waals surface area (Å²) in [6.45, 7) is 2.83. The van der Waals surface area contributed by atoms with E-state index in [-0.39, 0.29) is 35.6 Å². The van der Waals surface area contributed by atoms with Gasteiger partial charge in [-0.3, -0.25) is 14.4 Å². The third-order valence-electron chi connectivity index (χ3n) is 8.43. The van der Waals surface area contributed by atoms with Crippen molar-refractivity contribution in [3.63, 3.8) is 0 Å². The van der Waals surface area contributed by atoms with Crippen LogP contribution in [0.4, 0.5) is 0 Å². The van der Waals surface area contributed by atoms with E-state index in [0.29, 0.717) is 32.4 Å². The van der Waals surface area contributed by atoms with Crippen molar-refractivity contribution in [2.24, 2.45) is 0 Å². The molecule has 3 atom stereocenters. The highest BCUT2D eigenvalue weighted by Crippen LogP contribution is 2.33. The first kappa shape index (κ1) is 29.2. The van der Waals surface area contributed by atoms with Crippen molar-refractivity contribution in [1.29, 1.82) is 0 Å². The molecule has 1 saturated heterocycles. The molecule has 0 saturated carbocycles. The highest BCUT2D eigenvalue weighted by atomic mass is 16.3. The number of phenols is 2. The third-order valence-corrected chi connectivity index (χ3v) is 8.43. The Hall–Kier alpha value is -4.33. The van der Waals surface area contributed by atoms with Crippen LogP contribution in [0.1, 0.15) is 54.9 Å². The molecule has 2 aliphatic heterocycles. The van der Waals surface area contributed by atoms with Gasteiger partial charge in [0.05, 0.1) is 0 Å². The lowest BCUT2D eigenvalue weighted by molar-refractivity contribution is -0.168. The van der Waals surface area contributed by atoms with Gasteiger partial charge >= 0.3 is 0 Å². The quantitative estimate of drug-likeness (QED) is 0.301. The summed E-state index contributed by atoms with van der Waals surface area (Å²) in [6, 6.07) is 19.2. The molecule has 3 aromatic carbocycles. The lowest BCUT2D eigenvalue weighted by atomic mass is 9.87. The Balaban J connectivity index is 1.44. The van der Waals surface area contributed by atoms with Crippen LogP contribution in [0, 0.1) is 0 Å². The second-order valence-electron chi connectivity index (χ2n) is 11.3. The van der Waals surface area contributed by atoms with Crippen molar-refractivity contribution in [3.8, 4) is 11.5 Å². The second kappa shape index (κ2) is 13.1. The molecule has 0 radical (unpaired) electrons. The van der Waals surface area contributed by atoms with Crippen molar-refractivity contribution < 1.29 is 24.6 Å².